The number of urea groups is 1. The lowest BCUT2D eigenvalue weighted by Gasteiger charge is -2.12. The number of benzene rings is 2. The normalized spacial score (nSPS) is 10.3. The standard InChI is InChI=1S/C16H16F2N2O3/c1-23-14-7-12(18)6-13(9-14)19-16(22)20-15-8-11(17)3-2-10(15)4-5-21/h2-3,6-9,21H,4-5H2,1H3,(H2,19,20,22). The number of halogens is 2. The van der Waals surface area contributed by atoms with Crippen molar-refractivity contribution < 1.29 is 23.4 Å². The van der Waals surface area contributed by atoms with E-state index in [1.807, 2.05) is 0 Å². The fourth-order valence-corrected chi connectivity index (χ4v) is 2.04. The third kappa shape index (κ3) is 4.65. The fourth-order valence-electron chi connectivity index (χ4n) is 2.04. The number of aliphatic hydroxyl groups is 1. The monoisotopic (exact) mass is 322 g/mol. The molecule has 0 bridgehead atoms. The zero-order chi connectivity index (χ0) is 16.8. The Bertz CT molecular complexity index is 708. The number of ether oxygens (including phenoxy) is 1. The van der Waals surface area contributed by atoms with Crippen LogP contribution in [0.1, 0.15) is 5.56 Å². The van der Waals surface area contributed by atoms with Crippen LogP contribution in [-0.2, 0) is 6.42 Å². The zero-order valence-corrected chi connectivity index (χ0v) is 12.4. The second kappa shape index (κ2) is 7.55. The van der Waals surface area contributed by atoms with Crippen molar-refractivity contribution in [3.05, 3.63) is 53.6 Å². The molecule has 0 unspecified atom stereocenters. The van der Waals surface area contributed by atoms with E-state index in [4.69, 9.17) is 9.84 Å². The molecule has 0 saturated carbocycles. The Morgan fingerprint density at radius 2 is 1.91 bits per heavy atom. The van der Waals surface area contributed by atoms with Crippen LogP contribution in [0.15, 0.2) is 36.4 Å². The first-order valence-electron chi connectivity index (χ1n) is 6.83. The van der Waals surface area contributed by atoms with Gasteiger partial charge in [0.2, 0.25) is 0 Å². The minimum absolute atomic E-state index is 0.136. The minimum Gasteiger partial charge on any atom is -0.497 e. The van der Waals surface area contributed by atoms with Crippen molar-refractivity contribution in [1.82, 2.24) is 0 Å². The predicted octanol–water partition coefficient (Wildman–Crippen LogP) is 3.15. The van der Waals surface area contributed by atoms with Crippen molar-refractivity contribution in [3.8, 4) is 5.75 Å². The number of rotatable bonds is 5. The van der Waals surface area contributed by atoms with Gasteiger partial charge in [-0.2, -0.15) is 0 Å². The molecule has 0 atom stereocenters. The van der Waals surface area contributed by atoms with Crippen LogP contribution in [0.25, 0.3) is 0 Å². The summed E-state index contributed by atoms with van der Waals surface area (Å²) in [5.74, 6) is -0.826. The number of nitrogens with one attached hydrogen (secondary N) is 2. The van der Waals surface area contributed by atoms with E-state index in [0.717, 1.165) is 12.1 Å². The Morgan fingerprint density at radius 3 is 2.61 bits per heavy atom. The number of carbonyl (C=O) groups excluding carboxylic acids is 1. The molecule has 0 heterocycles. The molecule has 2 aromatic rings. The molecule has 3 N–H and O–H groups in total. The van der Waals surface area contributed by atoms with Crippen molar-refractivity contribution in [2.24, 2.45) is 0 Å². The molecule has 0 saturated heterocycles. The molecular weight excluding hydrogens is 306 g/mol. The van der Waals surface area contributed by atoms with Gasteiger partial charge in [-0.05, 0) is 30.2 Å². The summed E-state index contributed by atoms with van der Waals surface area (Å²) in [5, 5.41) is 13.9. The highest BCUT2D eigenvalue weighted by Crippen LogP contribution is 2.21. The van der Waals surface area contributed by atoms with Gasteiger partial charge in [0.05, 0.1) is 7.11 Å². The molecule has 7 heteroatoms. The molecule has 122 valence electrons. The van der Waals surface area contributed by atoms with Crippen LogP contribution in [0.5, 0.6) is 5.75 Å². The van der Waals surface area contributed by atoms with E-state index in [1.54, 1.807) is 0 Å². The number of methoxy groups -OCH3 is 1. The molecular formula is C16H16F2N2O3. The maximum Gasteiger partial charge on any atom is 0.323 e. The summed E-state index contributed by atoms with van der Waals surface area (Å²) in [6.07, 6.45) is 0.268. The van der Waals surface area contributed by atoms with Gasteiger partial charge in [-0.15, -0.1) is 0 Å². The van der Waals surface area contributed by atoms with Crippen molar-refractivity contribution >= 4 is 17.4 Å². The lowest BCUT2D eigenvalue weighted by atomic mass is 10.1. The van der Waals surface area contributed by atoms with E-state index in [2.05, 4.69) is 10.6 Å². The van der Waals surface area contributed by atoms with E-state index >= 15 is 0 Å². The SMILES string of the molecule is COc1cc(F)cc(NC(=O)Nc2cc(F)ccc2CCO)c1. The molecule has 0 fully saturated rings. The Morgan fingerprint density at radius 1 is 1.13 bits per heavy atom. The summed E-state index contributed by atoms with van der Waals surface area (Å²) < 4.78 is 31.6. The van der Waals surface area contributed by atoms with E-state index in [0.29, 0.717) is 5.56 Å². The first-order valence-corrected chi connectivity index (χ1v) is 6.83. The van der Waals surface area contributed by atoms with Crippen LogP contribution >= 0.6 is 0 Å². The van der Waals surface area contributed by atoms with Crippen molar-refractivity contribution in [2.75, 3.05) is 24.4 Å². The summed E-state index contributed by atoms with van der Waals surface area (Å²) in [4.78, 5) is 12.0. The van der Waals surface area contributed by atoms with Gasteiger partial charge in [0.25, 0.3) is 0 Å². The van der Waals surface area contributed by atoms with Crippen LogP contribution in [0, 0.1) is 11.6 Å². The molecule has 2 amide bonds. The zero-order valence-electron chi connectivity index (χ0n) is 12.4. The number of amides is 2. The highest BCUT2D eigenvalue weighted by molar-refractivity contribution is 6.00. The number of hydrogen-bond donors (Lipinski definition) is 3. The second-order valence-corrected chi connectivity index (χ2v) is 4.73. The van der Waals surface area contributed by atoms with Crippen molar-refractivity contribution in [2.45, 2.75) is 6.42 Å². The Kier molecular flexibility index (Phi) is 5.48. The fraction of sp³-hybridized carbons (Fsp3) is 0.188. The minimum atomic E-state index is -0.664. The lowest BCUT2D eigenvalue weighted by molar-refractivity contribution is 0.262. The van der Waals surface area contributed by atoms with Crippen LogP contribution in [0.3, 0.4) is 0 Å². The van der Waals surface area contributed by atoms with E-state index < -0.39 is 17.7 Å². The van der Waals surface area contributed by atoms with Crippen LogP contribution < -0.4 is 15.4 Å². The number of carbonyl (C=O) groups is 1. The quantitative estimate of drug-likeness (QED) is 0.792. The molecule has 0 spiro atoms. The molecule has 0 aliphatic heterocycles. The first kappa shape index (κ1) is 16.7. The summed E-state index contributed by atoms with van der Waals surface area (Å²) >= 11 is 0. The maximum atomic E-state index is 13.4. The summed E-state index contributed by atoms with van der Waals surface area (Å²) in [7, 11) is 1.38. The van der Waals surface area contributed by atoms with E-state index in [9.17, 15) is 13.6 Å². The second-order valence-electron chi connectivity index (χ2n) is 4.73. The van der Waals surface area contributed by atoms with Crippen LogP contribution in [-0.4, -0.2) is 24.9 Å². The van der Waals surface area contributed by atoms with E-state index in [-0.39, 0.29) is 30.2 Å². The molecule has 23 heavy (non-hydrogen) atoms. The largest absolute Gasteiger partial charge is 0.497 e. The van der Waals surface area contributed by atoms with Crippen LogP contribution in [0.4, 0.5) is 25.0 Å². The van der Waals surface area contributed by atoms with Crippen molar-refractivity contribution in [1.29, 1.82) is 0 Å². The summed E-state index contributed by atoms with van der Waals surface area (Å²) in [6, 6.07) is 6.96. The summed E-state index contributed by atoms with van der Waals surface area (Å²) in [6.45, 7) is -0.136. The highest BCUT2D eigenvalue weighted by Gasteiger charge is 2.10. The number of anilines is 2. The maximum absolute atomic E-state index is 13.4. The van der Waals surface area contributed by atoms with Gasteiger partial charge in [-0.1, -0.05) is 6.07 Å². The van der Waals surface area contributed by atoms with Gasteiger partial charge in [0.1, 0.15) is 17.4 Å². The Labute approximate surface area is 131 Å². The van der Waals surface area contributed by atoms with Gasteiger partial charge >= 0.3 is 6.03 Å². The van der Waals surface area contributed by atoms with Gasteiger partial charge in [-0.3, -0.25) is 0 Å². The highest BCUT2D eigenvalue weighted by atomic mass is 19.1. The molecule has 0 aliphatic rings. The lowest BCUT2D eigenvalue weighted by Crippen LogP contribution is -2.20. The van der Waals surface area contributed by atoms with Crippen molar-refractivity contribution in [3.63, 3.8) is 0 Å². The molecule has 0 aliphatic carbocycles. The molecule has 5 nitrogen and oxygen atoms in total. The Hall–Kier alpha value is -2.67. The van der Waals surface area contributed by atoms with E-state index in [1.165, 1.54) is 31.4 Å². The predicted molar refractivity (Wildman–Crippen MR) is 82.8 cm³/mol. The topological polar surface area (TPSA) is 70.6 Å². The number of hydrogen-bond acceptors (Lipinski definition) is 3. The van der Waals surface area contributed by atoms with Gasteiger partial charge in [0.15, 0.2) is 0 Å². The molecule has 2 aromatic carbocycles. The molecule has 2 rings (SSSR count). The third-order valence-corrected chi connectivity index (χ3v) is 3.07. The average molecular weight is 322 g/mol. The molecule has 0 radical (unpaired) electrons. The van der Waals surface area contributed by atoms with Gasteiger partial charge in [-0.25, -0.2) is 13.6 Å². The number of aliphatic hydroxyl groups excluding tert-OH is 1. The smallest absolute Gasteiger partial charge is 0.323 e. The van der Waals surface area contributed by atoms with Crippen LogP contribution in [0.2, 0.25) is 0 Å². The average Bonchev–Trinajstić information content (AvgIpc) is 2.49. The summed E-state index contributed by atoms with van der Waals surface area (Å²) in [5.41, 5.74) is 1.01. The van der Waals surface area contributed by atoms with Gasteiger partial charge < -0.3 is 20.5 Å². The Balaban J connectivity index is 2.13. The first-order chi connectivity index (χ1) is 11.0. The van der Waals surface area contributed by atoms with Gasteiger partial charge in [0, 0.05) is 30.1 Å². The molecule has 0 aromatic heterocycles. The third-order valence-electron chi connectivity index (χ3n) is 3.07.